The van der Waals surface area contributed by atoms with Gasteiger partial charge in [0.1, 0.15) is 5.56 Å². The zero-order valence-electron chi connectivity index (χ0n) is 10.0. The molecule has 0 saturated heterocycles. The number of nitro groups is 2. The van der Waals surface area contributed by atoms with Gasteiger partial charge in [-0.05, 0) is 0 Å². The van der Waals surface area contributed by atoms with Gasteiger partial charge in [0.05, 0.1) is 15.9 Å². The normalized spacial score (nSPS) is 10.0. The number of rotatable bonds is 3. The number of non-ortho nitro benzene ring substituents is 2. The summed E-state index contributed by atoms with van der Waals surface area (Å²) in [6, 6.07) is 7.73. The van der Waals surface area contributed by atoms with Crippen LogP contribution in [0.25, 0.3) is 0 Å². The van der Waals surface area contributed by atoms with Gasteiger partial charge in [-0.25, -0.2) is 4.79 Å². The Morgan fingerprint density at radius 2 is 1.40 bits per heavy atom. The van der Waals surface area contributed by atoms with Crippen LogP contribution in [-0.2, 0) is 0 Å². The molecule has 8 nitrogen and oxygen atoms in total. The van der Waals surface area contributed by atoms with Gasteiger partial charge in [0.2, 0.25) is 0 Å². The maximum absolute atomic E-state index is 12.1. The summed E-state index contributed by atoms with van der Waals surface area (Å²) in [5.41, 5.74) is -1.12. The molecule has 8 heteroatoms. The molecule has 0 aliphatic carbocycles. The van der Waals surface area contributed by atoms with Crippen molar-refractivity contribution in [2.75, 3.05) is 0 Å². The second kappa shape index (κ2) is 5.22. The summed E-state index contributed by atoms with van der Waals surface area (Å²) in [6.45, 7) is 0. The highest BCUT2D eigenvalue weighted by Crippen LogP contribution is 2.22. The molecule has 1 aromatic heterocycles. The van der Waals surface area contributed by atoms with Crippen molar-refractivity contribution in [1.29, 1.82) is 0 Å². The monoisotopic (exact) mass is 274 g/mol. The molecule has 0 aliphatic rings. The van der Waals surface area contributed by atoms with Crippen LogP contribution in [0.15, 0.2) is 48.8 Å². The summed E-state index contributed by atoms with van der Waals surface area (Å²) in [5.74, 6) is -0.586. The Labute approximate surface area is 112 Å². The number of nitrogens with zero attached hydrogens (tertiary/aromatic N) is 3. The summed E-state index contributed by atoms with van der Waals surface area (Å²) in [7, 11) is 0. The molecule has 0 unspecified atom stereocenters. The van der Waals surface area contributed by atoms with Crippen LogP contribution < -0.4 is 4.57 Å². The van der Waals surface area contributed by atoms with Crippen LogP contribution in [0.2, 0.25) is 0 Å². The van der Waals surface area contributed by atoms with E-state index >= 15 is 0 Å². The lowest BCUT2D eigenvalue weighted by atomic mass is 10.1. The van der Waals surface area contributed by atoms with Gasteiger partial charge < -0.3 is 0 Å². The molecule has 0 amide bonds. The van der Waals surface area contributed by atoms with Crippen LogP contribution in [-0.4, -0.2) is 15.8 Å². The van der Waals surface area contributed by atoms with E-state index in [4.69, 9.17) is 0 Å². The van der Waals surface area contributed by atoms with Crippen molar-refractivity contribution in [3.05, 3.63) is 74.6 Å². The maximum Gasteiger partial charge on any atom is 0.425 e. The van der Waals surface area contributed by atoms with Gasteiger partial charge in [-0.1, -0.05) is 6.07 Å². The van der Waals surface area contributed by atoms with E-state index in [1.807, 2.05) is 0 Å². The van der Waals surface area contributed by atoms with Crippen LogP contribution in [0.3, 0.4) is 0 Å². The first-order valence-corrected chi connectivity index (χ1v) is 5.44. The first kappa shape index (κ1) is 13.3. The fourth-order valence-corrected chi connectivity index (χ4v) is 1.61. The molecular formula is C12H8N3O5+. The third-order valence-electron chi connectivity index (χ3n) is 2.52. The molecule has 0 radical (unpaired) electrons. The Morgan fingerprint density at radius 1 is 0.900 bits per heavy atom. The number of hydrogen-bond acceptors (Lipinski definition) is 5. The van der Waals surface area contributed by atoms with Gasteiger partial charge in [-0.3, -0.25) is 20.2 Å². The average molecular weight is 274 g/mol. The van der Waals surface area contributed by atoms with Gasteiger partial charge >= 0.3 is 5.91 Å². The van der Waals surface area contributed by atoms with Crippen molar-refractivity contribution in [3.8, 4) is 0 Å². The third-order valence-corrected chi connectivity index (χ3v) is 2.52. The Balaban J connectivity index is 2.53. The van der Waals surface area contributed by atoms with Crippen molar-refractivity contribution >= 4 is 17.3 Å². The lowest BCUT2D eigenvalue weighted by Crippen LogP contribution is -2.41. The van der Waals surface area contributed by atoms with E-state index in [0.29, 0.717) is 0 Å². The Hall–Kier alpha value is -3.16. The van der Waals surface area contributed by atoms with E-state index in [0.717, 1.165) is 18.2 Å². The minimum atomic E-state index is -0.778. The van der Waals surface area contributed by atoms with Gasteiger partial charge in [0, 0.05) is 24.3 Å². The van der Waals surface area contributed by atoms with Crippen LogP contribution in [0.1, 0.15) is 10.4 Å². The molecule has 0 fully saturated rings. The number of carbonyl (C=O) groups is 1. The number of benzene rings is 1. The summed E-state index contributed by atoms with van der Waals surface area (Å²) in [4.78, 5) is 32.1. The van der Waals surface area contributed by atoms with E-state index in [1.165, 1.54) is 17.0 Å². The van der Waals surface area contributed by atoms with Crippen LogP contribution in [0, 0.1) is 20.2 Å². The van der Waals surface area contributed by atoms with Gasteiger partial charge in [0.15, 0.2) is 12.4 Å². The lowest BCUT2D eigenvalue weighted by Gasteiger charge is -1.97. The zero-order chi connectivity index (χ0) is 14.7. The topological polar surface area (TPSA) is 107 Å². The maximum atomic E-state index is 12.1. The Morgan fingerprint density at radius 3 is 1.85 bits per heavy atom. The first-order chi connectivity index (χ1) is 9.49. The first-order valence-electron chi connectivity index (χ1n) is 5.44. The van der Waals surface area contributed by atoms with E-state index in [-0.39, 0.29) is 5.56 Å². The van der Waals surface area contributed by atoms with E-state index in [1.54, 1.807) is 18.2 Å². The smallest absolute Gasteiger partial charge is 0.258 e. The number of aromatic nitrogens is 1. The van der Waals surface area contributed by atoms with E-state index < -0.39 is 27.1 Å². The summed E-state index contributed by atoms with van der Waals surface area (Å²) >= 11 is 0. The highest BCUT2D eigenvalue weighted by molar-refractivity contribution is 5.89. The largest absolute Gasteiger partial charge is 0.425 e. The fraction of sp³-hybridized carbons (Fsp3) is 0. The molecular weight excluding hydrogens is 266 g/mol. The molecule has 20 heavy (non-hydrogen) atoms. The number of carbonyl (C=O) groups excluding carboxylic acids is 1. The Bertz CT molecular complexity index is 667. The standard InChI is InChI=1S/C12H8N3O5/c16-12(13-4-2-1-3-5-13)9-6-10(14(17)18)8-11(7-9)15(19)20/h1-8H/q+1. The average Bonchev–Trinajstić information content (AvgIpc) is 2.46. The molecule has 0 bridgehead atoms. The predicted molar refractivity (Wildman–Crippen MR) is 66.1 cm³/mol. The fourth-order valence-electron chi connectivity index (χ4n) is 1.61. The van der Waals surface area contributed by atoms with E-state index in [2.05, 4.69) is 0 Å². The molecule has 100 valence electrons. The van der Waals surface area contributed by atoms with Crippen molar-refractivity contribution < 1.29 is 19.2 Å². The summed E-state index contributed by atoms with van der Waals surface area (Å²) in [5, 5.41) is 21.5. The van der Waals surface area contributed by atoms with Crippen LogP contribution >= 0.6 is 0 Å². The minimum absolute atomic E-state index is 0.123. The highest BCUT2D eigenvalue weighted by Gasteiger charge is 2.24. The minimum Gasteiger partial charge on any atom is -0.258 e. The third kappa shape index (κ3) is 2.64. The summed E-state index contributed by atoms with van der Waals surface area (Å²) in [6.07, 6.45) is 2.90. The van der Waals surface area contributed by atoms with Crippen molar-refractivity contribution in [1.82, 2.24) is 0 Å². The molecule has 0 spiro atoms. The molecule has 0 saturated carbocycles. The van der Waals surface area contributed by atoms with Crippen LogP contribution in [0.5, 0.6) is 0 Å². The molecule has 1 heterocycles. The number of nitro benzene ring substituents is 2. The van der Waals surface area contributed by atoms with Crippen molar-refractivity contribution in [2.45, 2.75) is 0 Å². The predicted octanol–water partition coefficient (Wildman–Crippen LogP) is 1.48. The van der Waals surface area contributed by atoms with Crippen molar-refractivity contribution in [3.63, 3.8) is 0 Å². The molecule has 0 N–H and O–H groups in total. The quantitative estimate of drug-likeness (QED) is 0.478. The van der Waals surface area contributed by atoms with E-state index in [9.17, 15) is 25.0 Å². The van der Waals surface area contributed by atoms with Gasteiger partial charge in [0.25, 0.3) is 11.4 Å². The zero-order valence-corrected chi connectivity index (χ0v) is 10.0. The summed E-state index contributed by atoms with van der Waals surface area (Å²) < 4.78 is 1.18. The lowest BCUT2D eigenvalue weighted by molar-refractivity contribution is -0.570. The van der Waals surface area contributed by atoms with Gasteiger partial charge in [-0.15, -0.1) is 4.57 Å². The van der Waals surface area contributed by atoms with Crippen LogP contribution in [0.4, 0.5) is 11.4 Å². The van der Waals surface area contributed by atoms with Gasteiger partial charge in [-0.2, -0.15) is 0 Å². The van der Waals surface area contributed by atoms with Crippen molar-refractivity contribution in [2.24, 2.45) is 0 Å². The second-order valence-electron chi connectivity index (χ2n) is 3.84. The molecule has 1 aromatic carbocycles. The second-order valence-corrected chi connectivity index (χ2v) is 3.84. The highest BCUT2D eigenvalue weighted by atomic mass is 16.6. The number of pyridine rings is 1. The SMILES string of the molecule is O=C(c1cc([N+](=O)[O-])cc([N+](=O)[O-])c1)[n+]1ccccc1. The molecule has 0 aliphatic heterocycles. The molecule has 2 rings (SSSR count). The number of hydrogen-bond donors (Lipinski definition) is 0. The molecule has 2 aromatic rings. The Kier molecular flexibility index (Phi) is 3.47. The molecule has 0 atom stereocenters.